The summed E-state index contributed by atoms with van der Waals surface area (Å²) in [6, 6.07) is 2.15. The fourth-order valence-electron chi connectivity index (χ4n) is 2.92. The minimum atomic E-state index is 0.681. The Balaban J connectivity index is 1.55. The Hall–Kier alpha value is -1.16. The Morgan fingerprint density at radius 1 is 1.21 bits per heavy atom. The highest BCUT2D eigenvalue weighted by Crippen LogP contribution is 2.35. The van der Waals surface area contributed by atoms with Crippen LogP contribution in [0.1, 0.15) is 49.4 Å². The molecule has 1 saturated carbocycles. The van der Waals surface area contributed by atoms with Gasteiger partial charge < -0.3 is 10.2 Å². The maximum Gasteiger partial charge on any atom is 0.223 e. The summed E-state index contributed by atoms with van der Waals surface area (Å²) in [5.41, 5.74) is 2.32. The summed E-state index contributed by atoms with van der Waals surface area (Å²) in [7, 11) is 0. The van der Waals surface area contributed by atoms with Crippen LogP contribution in [0.3, 0.4) is 0 Å². The van der Waals surface area contributed by atoms with Gasteiger partial charge in [0.15, 0.2) is 0 Å². The predicted molar refractivity (Wildman–Crippen MR) is 77.5 cm³/mol. The smallest absolute Gasteiger partial charge is 0.223 e. The summed E-state index contributed by atoms with van der Waals surface area (Å²) in [6.45, 7) is 6.63. The fourth-order valence-corrected chi connectivity index (χ4v) is 2.92. The van der Waals surface area contributed by atoms with Gasteiger partial charge in [-0.3, -0.25) is 0 Å². The summed E-state index contributed by atoms with van der Waals surface area (Å²) in [6.07, 6.45) is 6.65. The van der Waals surface area contributed by atoms with E-state index in [0.717, 1.165) is 24.7 Å². The largest absolute Gasteiger partial charge is 0.353 e. The molecular formula is C15H24N4. The highest BCUT2D eigenvalue weighted by molar-refractivity contribution is 5.30. The zero-order chi connectivity index (χ0) is 13.1. The van der Waals surface area contributed by atoms with Crippen molar-refractivity contribution in [2.24, 2.45) is 0 Å². The third kappa shape index (κ3) is 3.24. The molecule has 0 radical (unpaired) electrons. The van der Waals surface area contributed by atoms with Crippen LogP contribution in [0.4, 0.5) is 5.95 Å². The van der Waals surface area contributed by atoms with Crippen LogP contribution >= 0.6 is 0 Å². The van der Waals surface area contributed by atoms with Gasteiger partial charge in [0.25, 0.3) is 0 Å². The molecule has 2 heterocycles. The van der Waals surface area contributed by atoms with Crippen molar-refractivity contribution in [2.45, 2.75) is 44.9 Å². The molecule has 2 aliphatic rings. The SMILES string of the molecule is Cc1cc(C2CCC2)nc(NCCN2CCCC2)n1. The van der Waals surface area contributed by atoms with E-state index < -0.39 is 0 Å². The minimum Gasteiger partial charge on any atom is -0.353 e. The van der Waals surface area contributed by atoms with Crippen LogP contribution in [0.2, 0.25) is 0 Å². The summed E-state index contributed by atoms with van der Waals surface area (Å²) in [5, 5.41) is 3.39. The van der Waals surface area contributed by atoms with Crippen molar-refractivity contribution >= 4 is 5.95 Å². The first-order valence-electron chi connectivity index (χ1n) is 7.63. The summed E-state index contributed by atoms with van der Waals surface area (Å²) in [5.74, 6) is 1.50. The second-order valence-corrected chi connectivity index (χ2v) is 5.86. The zero-order valence-corrected chi connectivity index (χ0v) is 11.9. The van der Waals surface area contributed by atoms with Gasteiger partial charge in [-0.15, -0.1) is 0 Å². The second kappa shape index (κ2) is 5.87. The minimum absolute atomic E-state index is 0.681. The standard InChI is InChI=1S/C15H24N4/c1-12-11-14(13-5-4-6-13)18-15(17-12)16-7-10-19-8-2-3-9-19/h11,13H,2-10H2,1H3,(H,16,17,18). The van der Waals surface area contributed by atoms with E-state index in [-0.39, 0.29) is 0 Å². The second-order valence-electron chi connectivity index (χ2n) is 5.86. The van der Waals surface area contributed by atoms with Crippen LogP contribution in [0.15, 0.2) is 6.07 Å². The monoisotopic (exact) mass is 260 g/mol. The number of hydrogen-bond acceptors (Lipinski definition) is 4. The Morgan fingerprint density at radius 3 is 2.68 bits per heavy atom. The lowest BCUT2D eigenvalue weighted by Crippen LogP contribution is -2.26. The number of likely N-dealkylation sites (tertiary alicyclic amines) is 1. The van der Waals surface area contributed by atoms with Crippen molar-refractivity contribution in [3.05, 3.63) is 17.5 Å². The molecule has 4 heteroatoms. The number of anilines is 1. The van der Waals surface area contributed by atoms with Gasteiger partial charge in [0.2, 0.25) is 5.95 Å². The predicted octanol–water partition coefficient (Wildman–Crippen LogP) is 2.56. The van der Waals surface area contributed by atoms with Crippen LogP contribution in [0.5, 0.6) is 0 Å². The van der Waals surface area contributed by atoms with Gasteiger partial charge in [0.05, 0.1) is 0 Å². The van der Waals surface area contributed by atoms with Crippen molar-refractivity contribution in [2.75, 3.05) is 31.5 Å². The number of nitrogens with one attached hydrogen (secondary N) is 1. The quantitative estimate of drug-likeness (QED) is 0.883. The Bertz CT molecular complexity index is 422. The average molecular weight is 260 g/mol. The molecule has 104 valence electrons. The fraction of sp³-hybridized carbons (Fsp3) is 0.733. The van der Waals surface area contributed by atoms with Gasteiger partial charge in [0, 0.05) is 30.4 Å². The molecule has 0 unspecified atom stereocenters. The Morgan fingerprint density at radius 2 is 2.00 bits per heavy atom. The molecule has 1 aliphatic heterocycles. The summed E-state index contributed by atoms with van der Waals surface area (Å²) >= 11 is 0. The van der Waals surface area contributed by atoms with Crippen LogP contribution < -0.4 is 5.32 Å². The third-order valence-corrected chi connectivity index (χ3v) is 4.31. The molecule has 0 amide bonds. The van der Waals surface area contributed by atoms with E-state index in [0.29, 0.717) is 5.92 Å². The maximum atomic E-state index is 4.68. The van der Waals surface area contributed by atoms with Crippen molar-refractivity contribution in [3.63, 3.8) is 0 Å². The summed E-state index contributed by atoms with van der Waals surface area (Å²) in [4.78, 5) is 11.7. The maximum absolute atomic E-state index is 4.68. The topological polar surface area (TPSA) is 41.1 Å². The first kappa shape index (κ1) is 12.9. The van der Waals surface area contributed by atoms with Crippen molar-refractivity contribution in [1.82, 2.24) is 14.9 Å². The van der Waals surface area contributed by atoms with Crippen LogP contribution in [-0.4, -0.2) is 41.0 Å². The van der Waals surface area contributed by atoms with E-state index in [1.165, 1.54) is 50.9 Å². The van der Waals surface area contributed by atoms with E-state index in [9.17, 15) is 0 Å². The molecule has 0 bridgehead atoms. The average Bonchev–Trinajstić information content (AvgIpc) is 2.79. The lowest BCUT2D eigenvalue weighted by molar-refractivity contribution is 0.352. The van der Waals surface area contributed by atoms with Gasteiger partial charge in [-0.2, -0.15) is 0 Å². The number of hydrogen-bond donors (Lipinski definition) is 1. The van der Waals surface area contributed by atoms with E-state index in [4.69, 9.17) is 0 Å². The van der Waals surface area contributed by atoms with E-state index >= 15 is 0 Å². The van der Waals surface area contributed by atoms with Gasteiger partial charge in [-0.05, 0) is 51.8 Å². The van der Waals surface area contributed by atoms with E-state index in [2.05, 4.69) is 33.2 Å². The molecule has 2 fully saturated rings. The molecule has 0 spiro atoms. The zero-order valence-electron chi connectivity index (χ0n) is 11.9. The van der Waals surface area contributed by atoms with Crippen molar-refractivity contribution in [1.29, 1.82) is 0 Å². The highest BCUT2D eigenvalue weighted by Gasteiger charge is 2.21. The van der Waals surface area contributed by atoms with Crippen molar-refractivity contribution < 1.29 is 0 Å². The van der Waals surface area contributed by atoms with Crippen LogP contribution in [0, 0.1) is 6.92 Å². The van der Waals surface area contributed by atoms with E-state index in [1.54, 1.807) is 0 Å². The van der Waals surface area contributed by atoms with Gasteiger partial charge in [-0.25, -0.2) is 9.97 Å². The normalized spacial score (nSPS) is 20.5. The molecule has 1 aromatic heterocycles. The molecule has 0 atom stereocenters. The van der Waals surface area contributed by atoms with Gasteiger partial charge >= 0.3 is 0 Å². The molecule has 1 N–H and O–H groups in total. The first-order chi connectivity index (χ1) is 9.31. The lowest BCUT2D eigenvalue weighted by atomic mass is 9.83. The third-order valence-electron chi connectivity index (χ3n) is 4.31. The van der Waals surface area contributed by atoms with Crippen LogP contribution in [0.25, 0.3) is 0 Å². The number of aromatic nitrogens is 2. The highest BCUT2D eigenvalue weighted by atomic mass is 15.2. The summed E-state index contributed by atoms with van der Waals surface area (Å²) < 4.78 is 0. The molecule has 4 nitrogen and oxygen atoms in total. The first-order valence-corrected chi connectivity index (χ1v) is 7.63. The molecule has 1 aliphatic carbocycles. The number of aryl methyl sites for hydroxylation is 1. The Kier molecular flexibility index (Phi) is 3.97. The molecule has 1 saturated heterocycles. The molecule has 19 heavy (non-hydrogen) atoms. The number of nitrogens with zero attached hydrogens (tertiary/aromatic N) is 3. The van der Waals surface area contributed by atoms with Crippen LogP contribution in [-0.2, 0) is 0 Å². The van der Waals surface area contributed by atoms with Crippen molar-refractivity contribution in [3.8, 4) is 0 Å². The molecular weight excluding hydrogens is 236 g/mol. The molecule has 3 rings (SSSR count). The van der Waals surface area contributed by atoms with E-state index in [1.807, 2.05) is 0 Å². The van der Waals surface area contributed by atoms with Gasteiger partial charge in [0.1, 0.15) is 0 Å². The molecule has 1 aromatic rings. The van der Waals surface area contributed by atoms with Gasteiger partial charge in [-0.1, -0.05) is 6.42 Å². The Labute approximate surface area is 115 Å². The number of rotatable bonds is 5. The molecule has 0 aromatic carbocycles. The lowest BCUT2D eigenvalue weighted by Gasteiger charge is -2.25.